The maximum Gasteiger partial charge on any atom is 0.150 e. The molecular formula is C30H26Cl8N4S2. The quantitative estimate of drug-likeness (QED) is 0.0547. The summed E-state index contributed by atoms with van der Waals surface area (Å²) in [7, 11) is 0. The van der Waals surface area contributed by atoms with Gasteiger partial charge in [-0.15, -0.1) is 20.4 Å². The minimum absolute atomic E-state index is 0.112. The molecule has 0 spiro atoms. The van der Waals surface area contributed by atoms with Crippen molar-refractivity contribution in [1.29, 1.82) is 0 Å². The van der Waals surface area contributed by atoms with Gasteiger partial charge < -0.3 is 0 Å². The van der Waals surface area contributed by atoms with Crippen LogP contribution in [0.4, 0.5) is 0 Å². The first-order valence-corrected chi connectivity index (χ1v) is 18.9. The minimum Gasteiger partial charge on any atom is -0.143 e. The van der Waals surface area contributed by atoms with Gasteiger partial charge in [-0.1, -0.05) is 168 Å². The van der Waals surface area contributed by atoms with Gasteiger partial charge >= 0.3 is 0 Å². The fourth-order valence-corrected chi connectivity index (χ4v) is 9.84. The second-order valence-electron chi connectivity index (χ2n) is 10.4. The van der Waals surface area contributed by atoms with Gasteiger partial charge in [0.25, 0.3) is 0 Å². The summed E-state index contributed by atoms with van der Waals surface area (Å²) in [4.78, 5) is 0. The van der Waals surface area contributed by atoms with Gasteiger partial charge in [0.05, 0.1) is 45.7 Å². The smallest absolute Gasteiger partial charge is 0.143 e. The highest BCUT2D eigenvalue weighted by Gasteiger charge is 2.30. The van der Waals surface area contributed by atoms with Gasteiger partial charge in [0.1, 0.15) is 15.0 Å². The predicted octanol–water partition coefficient (Wildman–Crippen LogP) is 14.5. The average molecular weight is 790 g/mol. The van der Waals surface area contributed by atoms with E-state index in [2.05, 4.69) is 34.2 Å². The van der Waals surface area contributed by atoms with E-state index in [0.717, 1.165) is 61.4 Å². The van der Waals surface area contributed by atoms with Crippen LogP contribution in [-0.4, -0.2) is 20.4 Å². The highest BCUT2D eigenvalue weighted by Crippen LogP contribution is 2.57. The Kier molecular flexibility index (Phi) is 12.1. The van der Waals surface area contributed by atoms with Crippen molar-refractivity contribution in [2.45, 2.75) is 78.1 Å². The molecule has 0 saturated heterocycles. The van der Waals surface area contributed by atoms with Crippen molar-refractivity contribution in [3.63, 3.8) is 0 Å². The zero-order valence-corrected chi connectivity index (χ0v) is 31.4. The molecule has 2 aromatic heterocycles. The molecule has 0 N–H and O–H groups in total. The number of aryl methyl sites for hydroxylation is 2. The molecule has 0 aliphatic carbocycles. The molecule has 4 nitrogen and oxygen atoms in total. The van der Waals surface area contributed by atoms with Crippen molar-refractivity contribution < 1.29 is 0 Å². The van der Waals surface area contributed by atoms with E-state index in [1.807, 2.05) is 0 Å². The van der Waals surface area contributed by atoms with Gasteiger partial charge in [-0.05, 0) is 12.8 Å². The molecule has 0 amide bonds. The first kappa shape index (κ1) is 34.9. The number of halogens is 8. The molecule has 3 aromatic carbocycles. The van der Waals surface area contributed by atoms with E-state index in [-0.39, 0.29) is 40.2 Å². The van der Waals surface area contributed by atoms with E-state index in [9.17, 15) is 0 Å². The summed E-state index contributed by atoms with van der Waals surface area (Å²) in [5.41, 5.74) is 0.889. The third-order valence-electron chi connectivity index (χ3n) is 7.37. The number of rotatable bonds is 12. The lowest BCUT2D eigenvalue weighted by atomic mass is 9.97. The lowest BCUT2D eigenvalue weighted by Crippen LogP contribution is -1.94. The van der Waals surface area contributed by atoms with Crippen LogP contribution in [0.3, 0.4) is 0 Å². The summed E-state index contributed by atoms with van der Waals surface area (Å²) < 4.78 is 0. The Morgan fingerprint density at radius 2 is 0.841 bits per heavy atom. The molecule has 234 valence electrons. The summed E-state index contributed by atoms with van der Waals surface area (Å²) in [6.45, 7) is 4.35. The molecule has 0 fully saturated rings. The van der Waals surface area contributed by atoms with E-state index in [4.69, 9.17) is 92.8 Å². The Morgan fingerprint density at radius 1 is 0.409 bits per heavy atom. The normalized spacial score (nSPS) is 11.9. The van der Waals surface area contributed by atoms with E-state index >= 15 is 0 Å². The SMILES string of the molecule is CCCCCCc1nnc(-c2c(Cl)c(Cl)c3c(Cl)c4c(-c5nnc(CCCCCC)s5)c(Cl)c(Cl)c(Cl)c4c(Cl)c3c2Cl)s1. The van der Waals surface area contributed by atoms with E-state index in [1.165, 1.54) is 35.5 Å². The first-order valence-electron chi connectivity index (χ1n) is 14.2. The summed E-state index contributed by atoms with van der Waals surface area (Å²) in [6.07, 6.45) is 10.6. The maximum atomic E-state index is 7.17. The molecule has 0 aliphatic heterocycles. The second kappa shape index (κ2) is 15.2. The van der Waals surface area contributed by atoms with Crippen LogP contribution in [0.2, 0.25) is 40.2 Å². The molecule has 14 heteroatoms. The van der Waals surface area contributed by atoms with Crippen molar-refractivity contribution in [2.24, 2.45) is 0 Å². The van der Waals surface area contributed by atoms with Crippen molar-refractivity contribution >= 4 is 137 Å². The number of fused-ring (bicyclic) bond motifs is 2. The molecule has 0 atom stereocenters. The van der Waals surface area contributed by atoms with Crippen LogP contribution in [-0.2, 0) is 12.8 Å². The molecule has 44 heavy (non-hydrogen) atoms. The van der Waals surface area contributed by atoms with Crippen LogP contribution in [0.25, 0.3) is 42.7 Å². The zero-order valence-electron chi connectivity index (χ0n) is 23.7. The summed E-state index contributed by atoms with van der Waals surface area (Å²) in [5.74, 6) is 0. The average Bonchev–Trinajstić information content (AvgIpc) is 3.67. The molecule has 0 unspecified atom stereocenters. The molecule has 5 aromatic rings. The molecule has 0 aliphatic rings. The van der Waals surface area contributed by atoms with Gasteiger partial charge in [0.2, 0.25) is 0 Å². The molecular weight excluding hydrogens is 764 g/mol. The predicted molar refractivity (Wildman–Crippen MR) is 195 cm³/mol. The Bertz CT molecular complexity index is 1850. The van der Waals surface area contributed by atoms with Crippen LogP contribution in [0.5, 0.6) is 0 Å². The number of aromatic nitrogens is 4. The lowest BCUT2D eigenvalue weighted by Gasteiger charge is -2.19. The number of nitrogens with zero attached hydrogens (tertiary/aromatic N) is 4. The molecule has 2 heterocycles. The van der Waals surface area contributed by atoms with Crippen molar-refractivity contribution in [3.8, 4) is 21.1 Å². The fourth-order valence-electron chi connectivity index (χ4n) is 5.11. The summed E-state index contributed by atoms with van der Waals surface area (Å²) in [6, 6.07) is 0. The summed E-state index contributed by atoms with van der Waals surface area (Å²) in [5, 5.41) is 23.4. The van der Waals surface area contributed by atoms with E-state index in [1.54, 1.807) is 0 Å². The van der Waals surface area contributed by atoms with Gasteiger partial charge in [-0.3, -0.25) is 0 Å². The van der Waals surface area contributed by atoms with Crippen molar-refractivity contribution in [1.82, 2.24) is 20.4 Å². The lowest BCUT2D eigenvalue weighted by molar-refractivity contribution is 0.663. The number of hydrogen-bond donors (Lipinski definition) is 0. The van der Waals surface area contributed by atoms with Crippen molar-refractivity contribution in [2.75, 3.05) is 0 Å². The van der Waals surface area contributed by atoms with Gasteiger partial charge in [0.15, 0.2) is 5.01 Å². The van der Waals surface area contributed by atoms with Crippen LogP contribution in [0, 0.1) is 0 Å². The van der Waals surface area contributed by atoms with E-state index < -0.39 is 0 Å². The zero-order chi connectivity index (χ0) is 31.7. The van der Waals surface area contributed by atoms with Crippen molar-refractivity contribution in [3.05, 3.63) is 50.2 Å². The van der Waals surface area contributed by atoms with Gasteiger partial charge in [-0.25, -0.2) is 0 Å². The molecule has 0 radical (unpaired) electrons. The fraction of sp³-hybridized carbons (Fsp3) is 0.400. The first-order chi connectivity index (χ1) is 21.1. The van der Waals surface area contributed by atoms with Crippen LogP contribution in [0.15, 0.2) is 0 Å². The van der Waals surface area contributed by atoms with Crippen LogP contribution >= 0.6 is 115 Å². The number of hydrogen-bond acceptors (Lipinski definition) is 6. The third kappa shape index (κ3) is 6.65. The maximum absolute atomic E-state index is 7.17. The monoisotopic (exact) mass is 786 g/mol. The Hall–Kier alpha value is -0.380. The number of benzene rings is 3. The van der Waals surface area contributed by atoms with Crippen LogP contribution < -0.4 is 0 Å². The van der Waals surface area contributed by atoms with E-state index in [0.29, 0.717) is 42.7 Å². The Labute approximate surface area is 304 Å². The highest BCUT2D eigenvalue weighted by molar-refractivity contribution is 7.15. The minimum atomic E-state index is 0.112. The largest absolute Gasteiger partial charge is 0.150 e. The summed E-state index contributed by atoms with van der Waals surface area (Å²) >= 11 is 58.4. The molecule has 0 saturated carbocycles. The Morgan fingerprint density at radius 3 is 1.39 bits per heavy atom. The van der Waals surface area contributed by atoms with Gasteiger partial charge in [-0.2, -0.15) is 0 Å². The molecule has 5 rings (SSSR count). The van der Waals surface area contributed by atoms with Gasteiger partial charge in [0, 0.05) is 39.9 Å². The van der Waals surface area contributed by atoms with Crippen LogP contribution in [0.1, 0.15) is 75.2 Å². The topological polar surface area (TPSA) is 51.6 Å². The highest BCUT2D eigenvalue weighted by atomic mass is 35.5. The number of unbranched alkanes of at least 4 members (excludes halogenated alkanes) is 6. The third-order valence-corrected chi connectivity index (χ3v) is 12.7. The molecule has 0 bridgehead atoms. The Balaban J connectivity index is 1.71. The second-order valence-corrected chi connectivity index (χ2v) is 15.5. The standard InChI is InChI=1S/C30H26Cl8N4S2/c1-3-5-7-9-11-13-39-41-29(43-13)19-15-16(25(35)28(38)26(19)36)22(32)17-18(21(15)31)24(34)27(37)20(23(17)33)30-42-40-14(44-30)12-10-8-6-4-2/h3-12H2,1-2H3.